The maximum atomic E-state index is 9.43. The van der Waals surface area contributed by atoms with Gasteiger partial charge >= 0.3 is 0 Å². The molecule has 1 rings (SSSR count). The summed E-state index contributed by atoms with van der Waals surface area (Å²) in [6.45, 7) is 3.25. The summed E-state index contributed by atoms with van der Waals surface area (Å²) in [5.41, 5.74) is 0. The van der Waals surface area contributed by atoms with E-state index in [-0.39, 0.29) is 6.10 Å². The topological polar surface area (TPSA) is 32.3 Å². The van der Waals surface area contributed by atoms with Crippen molar-refractivity contribution in [2.45, 2.75) is 51.2 Å². The number of hydrogen-bond acceptors (Lipinski definition) is 2. The van der Waals surface area contributed by atoms with Gasteiger partial charge in [-0.25, -0.2) is 0 Å². The molecular weight excluding hydrogens is 138 g/mol. The third-order valence-electron chi connectivity index (χ3n) is 2.42. The molecule has 0 heterocycles. The largest absolute Gasteiger partial charge is 0.392 e. The van der Waals surface area contributed by atoms with E-state index in [0.29, 0.717) is 6.04 Å². The van der Waals surface area contributed by atoms with Gasteiger partial charge in [0, 0.05) is 6.04 Å². The van der Waals surface area contributed by atoms with E-state index in [1.54, 1.807) is 0 Å². The minimum absolute atomic E-state index is 0.0770. The van der Waals surface area contributed by atoms with Crippen LogP contribution in [0.5, 0.6) is 0 Å². The SMILES string of the molecule is CCCCNC1CCCC1O. The lowest BCUT2D eigenvalue weighted by Gasteiger charge is -2.15. The predicted molar refractivity (Wildman–Crippen MR) is 46.6 cm³/mol. The first kappa shape index (κ1) is 9.01. The van der Waals surface area contributed by atoms with Gasteiger partial charge in [-0.15, -0.1) is 0 Å². The molecule has 2 heteroatoms. The Morgan fingerprint density at radius 2 is 2.27 bits per heavy atom. The smallest absolute Gasteiger partial charge is 0.0693 e. The standard InChI is InChI=1S/C9H19NO/c1-2-3-7-10-8-5-4-6-9(8)11/h8-11H,2-7H2,1H3. The molecule has 2 N–H and O–H groups in total. The zero-order valence-corrected chi connectivity index (χ0v) is 7.34. The van der Waals surface area contributed by atoms with Crippen molar-refractivity contribution in [3.63, 3.8) is 0 Å². The van der Waals surface area contributed by atoms with Crippen LogP contribution in [0.4, 0.5) is 0 Å². The van der Waals surface area contributed by atoms with Crippen LogP contribution in [0.25, 0.3) is 0 Å². The molecule has 1 aliphatic carbocycles. The van der Waals surface area contributed by atoms with Crippen molar-refractivity contribution in [2.24, 2.45) is 0 Å². The van der Waals surface area contributed by atoms with Gasteiger partial charge in [0.2, 0.25) is 0 Å². The quantitative estimate of drug-likeness (QED) is 0.603. The molecule has 0 aromatic heterocycles. The summed E-state index contributed by atoms with van der Waals surface area (Å²) in [6.07, 6.45) is 5.71. The lowest BCUT2D eigenvalue weighted by atomic mass is 10.2. The molecule has 66 valence electrons. The van der Waals surface area contributed by atoms with Gasteiger partial charge in [-0.1, -0.05) is 13.3 Å². The Labute approximate surface area is 69.0 Å². The molecule has 0 aromatic carbocycles. The number of nitrogens with one attached hydrogen (secondary N) is 1. The summed E-state index contributed by atoms with van der Waals surface area (Å²) in [5.74, 6) is 0. The van der Waals surface area contributed by atoms with Crippen LogP contribution in [0.15, 0.2) is 0 Å². The molecule has 0 aliphatic heterocycles. The van der Waals surface area contributed by atoms with Crippen molar-refractivity contribution in [3.05, 3.63) is 0 Å². The number of unbranched alkanes of at least 4 members (excludes halogenated alkanes) is 1. The fraction of sp³-hybridized carbons (Fsp3) is 1.00. The van der Waals surface area contributed by atoms with Crippen molar-refractivity contribution in [1.82, 2.24) is 5.32 Å². The van der Waals surface area contributed by atoms with E-state index >= 15 is 0 Å². The number of aliphatic hydroxyl groups is 1. The lowest BCUT2D eigenvalue weighted by Crippen LogP contribution is -2.36. The van der Waals surface area contributed by atoms with E-state index in [1.165, 1.54) is 19.3 Å². The molecule has 0 spiro atoms. The van der Waals surface area contributed by atoms with Crippen molar-refractivity contribution < 1.29 is 5.11 Å². The molecule has 1 aliphatic rings. The highest BCUT2D eigenvalue weighted by Gasteiger charge is 2.23. The van der Waals surface area contributed by atoms with Crippen LogP contribution >= 0.6 is 0 Å². The zero-order chi connectivity index (χ0) is 8.10. The van der Waals surface area contributed by atoms with E-state index < -0.39 is 0 Å². The predicted octanol–water partition coefficient (Wildman–Crippen LogP) is 1.29. The summed E-state index contributed by atoms with van der Waals surface area (Å²) in [4.78, 5) is 0. The average Bonchev–Trinajstić information content (AvgIpc) is 2.37. The van der Waals surface area contributed by atoms with Crippen molar-refractivity contribution in [1.29, 1.82) is 0 Å². The molecule has 11 heavy (non-hydrogen) atoms. The van der Waals surface area contributed by atoms with E-state index in [1.807, 2.05) is 0 Å². The molecule has 2 nitrogen and oxygen atoms in total. The molecule has 2 unspecified atom stereocenters. The Hall–Kier alpha value is -0.0800. The first-order chi connectivity index (χ1) is 5.34. The van der Waals surface area contributed by atoms with Crippen molar-refractivity contribution >= 4 is 0 Å². The van der Waals surface area contributed by atoms with Crippen LogP contribution in [-0.2, 0) is 0 Å². The fourth-order valence-electron chi connectivity index (χ4n) is 1.64. The van der Waals surface area contributed by atoms with Crippen molar-refractivity contribution in [3.8, 4) is 0 Å². The zero-order valence-electron chi connectivity index (χ0n) is 7.34. The lowest BCUT2D eigenvalue weighted by molar-refractivity contribution is 0.149. The molecule has 0 bridgehead atoms. The highest BCUT2D eigenvalue weighted by Crippen LogP contribution is 2.18. The van der Waals surface area contributed by atoms with Gasteiger partial charge in [0.25, 0.3) is 0 Å². The van der Waals surface area contributed by atoms with Crippen LogP contribution in [0, 0.1) is 0 Å². The summed E-state index contributed by atoms with van der Waals surface area (Å²) in [7, 11) is 0. The monoisotopic (exact) mass is 157 g/mol. The van der Waals surface area contributed by atoms with Crippen LogP contribution in [0.2, 0.25) is 0 Å². The minimum atomic E-state index is -0.0770. The third kappa shape index (κ3) is 2.80. The maximum Gasteiger partial charge on any atom is 0.0693 e. The first-order valence-corrected chi connectivity index (χ1v) is 4.76. The van der Waals surface area contributed by atoms with E-state index in [4.69, 9.17) is 0 Å². The van der Waals surface area contributed by atoms with Gasteiger partial charge in [-0.3, -0.25) is 0 Å². The van der Waals surface area contributed by atoms with Crippen LogP contribution in [-0.4, -0.2) is 23.8 Å². The Bertz CT molecular complexity index is 106. The van der Waals surface area contributed by atoms with Gasteiger partial charge in [-0.05, 0) is 32.2 Å². The van der Waals surface area contributed by atoms with Crippen LogP contribution in [0.1, 0.15) is 39.0 Å². The molecule has 0 saturated heterocycles. The summed E-state index contributed by atoms with van der Waals surface area (Å²) >= 11 is 0. The van der Waals surface area contributed by atoms with Gasteiger partial charge < -0.3 is 10.4 Å². The van der Waals surface area contributed by atoms with Gasteiger partial charge in [0.15, 0.2) is 0 Å². The molecule has 0 aromatic rings. The maximum absolute atomic E-state index is 9.43. The molecule has 0 amide bonds. The van der Waals surface area contributed by atoms with Crippen LogP contribution < -0.4 is 5.32 Å². The third-order valence-corrected chi connectivity index (χ3v) is 2.42. The highest BCUT2D eigenvalue weighted by atomic mass is 16.3. The average molecular weight is 157 g/mol. The van der Waals surface area contributed by atoms with Gasteiger partial charge in [-0.2, -0.15) is 0 Å². The molecule has 2 atom stereocenters. The van der Waals surface area contributed by atoms with E-state index in [2.05, 4.69) is 12.2 Å². The molecule has 1 saturated carbocycles. The fourth-order valence-corrected chi connectivity index (χ4v) is 1.64. The van der Waals surface area contributed by atoms with Gasteiger partial charge in [0.05, 0.1) is 6.10 Å². The second-order valence-electron chi connectivity index (χ2n) is 3.41. The minimum Gasteiger partial charge on any atom is -0.392 e. The normalized spacial score (nSPS) is 31.1. The first-order valence-electron chi connectivity index (χ1n) is 4.76. The molecule has 0 radical (unpaired) electrons. The summed E-state index contributed by atoms with van der Waals surface area (Å²) < 4.78 is 0. The van der Waals surface area contributed by atoms with Gasteiger partial charge in [0.1, 0.15) is 0 Å². The second kappa shape index (κ2) is 4.73. The number of hydrogen-bond donors (Lipinski definition) is 2. The summed E-state index contributed by atoms with van der Waals surface area (Å²) in [5, 5.41) is 12.8. The Morgan fingerprint density at radius 1 is 1.45 bits per heavy atom. The second-order valence-corrected chi connectivity index (χ2v) is 3.41. The van der Waals surface area contributed by atoms with E-state index in [0.717, 1.165) is 19.4 Å². The number of rotatable bonds is 4. The Balaban J connectivity index is 2.05. The van der Waals surface area contributed by atoms with Crippen molar-refractivity contribution in [2.75, 3.05) is 6.54 Å². The summed E-state index contributed by atoms with van der Waals surface area (Å²) in [6, 6.07) is 0.390. The molecule has 1 fully saturated rings. The number of aliphatic hydroxyl groups excluding tert-OH is 1. The van der Waals surface area contributed by atoms with Crippen LogP contribution in [0.3, 0.4) is 0 Å². The Kier molecular flexibility index (Phi) is 3.87. The highest BCUT2D eigenvalue weighted by molar-refractivity contribution is 4.82. The molecular formula is C9H19NO. The Morgan fingerprint density at radius 3 is 2.82 bits per heavy atom. The van der Waals surface area contributed by atoms with E-state index in [9.17, 15) is 5.11 Å².